The standard InChI is InChI=1S/C15H22N2O4/c1-17-7-14(19)12(8-18)16-15(20)13(17)10-21-9-11-5-3-2-4-6-11/h2-6,12-14,18-19H,7-10H2,1H3,(H,16,20)/t12-,13+,14+/m1/s1. The molecule has 0 aromatic heterocycles. The van der Waals surface area contributed by atoms with E-state index in [1.807, 2.05) is 30.3 Å². The van der Waals surface area contributed by atoms with Crippen molar-refractivity contribution >= 4 is 5.91 Å². The molecule has 1 saturated heterocycles. The van der Waals surface area contributed by atoms with E-state index in [1.54, 1.807) is 11.9 Å². The van der Waals surface area contributed by atoms with Crippen LogP contribution < -0.4 is 5.32 Å². The summed E-state index contributed by atoms with van der Waals surface area (Å²) in [6.45, 7) is 0.703. The maximum atomic E-state index is 12.1. The van der Waals surface area contributed by atoms with Gasteiger partial charge >= 0.3 is 0 Å². The van der Waals surface area contributed by atoms with Crippen LogP contribution in [-0.2, 0) is 16.1 Å². The number of hydrogen-bond donors (Lipinski definition) is 3. The quantitative estimate of drug-likeness (QED) is 0.673. The van der Waals surface area contributed by atoms with E-state index in [4.69, 9.17) is 4.74 Å². The Kier molecular flexibility index (Phi) is 5.69. The second kappa shape index (κ2) is 7.51. The number of nitrogens with one attached hydrogen (secondary N) is 1. The summed E-state index contributed by atoms with van der Waals surface area (Å²) in [7, 11) is 1.76. The fourth-order valence-electron chi connectivity index (χ4n) is 2.36. The minimum absolute atomic E-state index is 0.235. The fourth-order valence-corrected chi connectivity index (χ4v) is 2.36. The number of rotatable bonds is 5. The lowest BCUT2D eigenvalue weighted by atomic mass is 10.2. The van der Waals surface area contributed by atoms with Crippen molar-refractivity contribution in [1.82, 2.24) is 10.2 Å². The number of aliphatic hydroxyl groups excluding tert-OH is 2. The van der Waals surface area contributed by atoms with Gasteiger partial charge in [-0.05, 0) is 12.6 Å². The lowest BCUT2D eigenvalue weighted by Crippen LogP contribution is -2.48. The van der Waals surface area contributed by atoms with Gasteiger partial charge in [0, 0.05) is 6.54 Å². The third-order valence-corrected chi connectivity index (χ3v) is 3.69. The van der Waals surface area contributed by atoms with Gasteiger partial charge in [-0.3, -0.25) is 9.69 Å². The van der Waals surface area contributed by atoms with Crippen molar-refractivity contribution in [2.45, 2.75) is 24.8 Å². The number of benzene rings is 1. The third-order valence-electron chi connectivity index (χ3n) is 3.69. The molecule has 1 amide bonds. The monoisotopic (exact) mass is 294 g/mol. The van der Waals surface area contributed by atoms with Crippen LogP contribution in [0.3, 0.4) is 0 Å². The second-order valence-electron chi connectivity index (χ2n) is 5.32. The summed E-state index contributed by atoms with van der Waals surface area (Å²) < 4.78 is 5.61. The van der Waals surface area contributed by atoms with Gasteiger partial charge in [0.15, 0.2) is 0 Å². The Morgan fingerprint density at radius 3 is 2.76 bits per heavy atom. The van der Waals surface area contributed by atoms with Crippen molar-refractivity contribution in [1.29, 1.82) is 0 Å². The van der Waals surface area contributed by atoms with Gasteiger partial charge in [0.05, 0.1) is 32.0 Å². The number of carbonyl (C=O) groups excluding carboxylic acids is 1. The van der Waals surface area contributed by atoms with Gasteiger partial charge in [0.1, 0.15) is 6.04 Å². The molecule has 21 heavy (non-hydrogen) atoms. The predicted octanol–water partition coefficient (Wildman–Crippen LogP) is -0.645. The smallest absolute Gasteiger partial charge is 0.240 e. The third kappa shape index (κ3) is 4.25. The first-order valence-electron chi connectivity index (χ1n) is 7.03. The molecule has 2 rings (SSSR count). The average Bonchev–Trinajstić information content (AvgIpc) is 2.58. The number of ether oxygens (including phenoxy) is 1. The molecular formula is C15H22N2O4. The van der Waals surface area contributed by atoms with Crippen molar-refractivity contribution in [2.24, 2.45) is 0 Å². The summed E-state index contributed by atoms with van der Waals surface area (Å²) in [4.78, 5) is 13.9. The zero-order valence-electron chi connectivity index (χ0n) is 12.1. The molecule has 1 aliphatic heterocycles. The molecule has 6 heteroatoms. The first-order valence-corrected chi connectivity index (χ1v) is 7.03. The van der Waals surface area contributed by atoms with Crippen LogP contribution in [0.15, 0.2) is 30.3 Å². The summed E-state index contributed by atoms with van der Waals surface area (Å²) in [5.41, 5.74) is 1.04. The molecule has 6 nitrogen and oxygen atoms in total. The van der Waals surface area contributed by atoms with Crippen molar-refractivity contribution in [3.63, 3.8) is 0 Å². The molecule has 0 saturated carbocycles. The van der Waals surface area contributed by atoms with Crippen LogP contribution in [0.4, 0.5) is 0 Å². The first kappa shape index (κ1) is 15.9. The number of β-amino-alcohol motifs (C(OH)–C–C–N with tert-alkyl or cyclic N) is 1. The molecule has 1 aliphatic rings. The van der Waals surface area contributed by atoms with Crippen molar-refractivity contribution in [3.05, 3.63) is 35.9 Å². The molecule has 0 aliphatic carbocycles. The van der Waals surface area contributed by atoms with Gasteiger partial charge in [-0.25, -0.2) is 0 Å². The summed E-state index contributed by atoms with van der Waals surface area (Å²) in [6, 6.07) is 8.63. The van der Waals surface area contributed by atoms with Crippen LogP contribution >= 0.6 is 0 Å². The Morgan fingerprint density at radius 1 is 1.38 bits per heavy atom. The number of amides is 1. The highest BCUT2D eigenvalue weighted by Crippen LogP contribution is 2.09. The topological polar surface area (TPSA) is 82.0 Å². The molecule has 1 aromatic carbocycles. The van der Waals surface area contributed by atoms with Crippen molar-refractivity contribution in [3.8, 4) is 0 Å². The Morgan fingerprint density at radius 2 is 2.10 bits per heavy atom. The average molecular weight is 294 g/mol. The van der Waals surface area contributed by atoms with E-state index in [9.17, 15) is 15.0 Å². The maximum absolute atomic E-state index is 12.1. The van der Waals surface area contributed by atoms with Gasteiger partial charge in [0.25, 0.3) is 0 Å². The molecule has 1 aromatic rings. The largest absolute Gasteiger partial charge is 0.394 e. The molecule has 0 unspecified atom stereocenters. The minimum atomic E-state index is -0.789. The SMILES string of the molecule is CN1C[C@H](O)[C@@H](CO)NC(=O)[C@@H]1COCc1ccccc1. The number of carbonyl (C=O) groups is 1. The van der Waals surface area contributed by atoms with Crippen LogP contribution in [-0.4, -0.2) is 66.0 Å². The fraction of sp³-hybridized carbons (Fsp3) is 0.533. The molecule has 1 fully saturated rings. The molecular weight excluding hydrogens is 272 g/mol. The summed E-state index contributed by atoms with van der Waals surface area (Å²) in [5.74, 6) is -0.235. The van der Waals surface area contributed by atoms with Crippen LogP contribution in [0.1, 0.15) is 5.56 Å². The predicted molar refractivity (Wildman–Crippen MR) is 77.5 cm³/mol. The molecule has 1 heterocycles. The maximum Gasteiger partial charge on any atom is 0.240 e. The van der Waals surface area contributed by atoms with Gasteiger partial charge in [0.2, 0.25) is 5.91 Å². The highest BCUT2D eigenvalue weighted by atomic mass is 16.5. The molecule has 0 spiro atoms. The lowest BCUT2D eigenvalue weighted by molar-refractivity contribution is -0.128. The van der Waals surface area contributed by atoms with Gasteiger partial charge < -0.3 is 20.3 Å². The van der Waals surface area contributed by atoms with E-state index in [0.29, 0.717) is 13.2 Å². The number of aliphatic hydroxyl groups is 2. The van der Waals surface area contributed by atoms with Crippen LogP contribution in [0.2, 0.25) is 0 Å². The van der Waals surface area contributed by atoms with E-state index in [2.05, 4.69) is 5.32 Å². The summed E-state index contributed by atoms with van der Waals surface area (Å²) >= 11 is 0. The summed E-state index contributed by atoms with van der Waals surface area (Å²) in [5, 5.41) is 21.7. The molecule has 3 atom stereocenters. The number of hydrogen-bond acceptors (Lipinski definition) is 5. The second-order valence-corrected chi connectivity index (χ2v) is 5.32. The van der Waals surface area contributed by atoms with Crippen molar-refractivity contribution in [2.75, 3.05) is 26.8 Å². The summed E-state index contributed by atoms with van der Waals surface area (Å²) in [6.07, 6.45) is -0.789. The first-order chi connectivity index (χ1) is 10.1. The Bertz CT molecular complexity index is 454. The normalized spacial score (nSPS) is 27.2. The van der Waals surface area contributed by atoms with Gasteiger partial charge in [-0.2, -0.15) is 0 Å². The Hall–Kier alpha value is -1.47. The highest BCUT2D eigenvalue weighted by molar-refractivity contribution is 5.82. The van der Waals surface area contributed by atoms with E-state index >= 15 is 0 Å². The van der Waals surface area contributed by atoms with Crippen LogP contribution in [0.25, 0.3) is 0 Å². The van der Waals surface area contributed by atoms with E-state index in [1.165, 1.54) is 0 Å². The van der Waals surface area contributed by atoms with E-state index < -0.39 is 18.2 Å². The van der Waals surface area contributed by atoms with Gasteiger partial charge in [-0.15, -0.1) is 0 Å². The number of likely N-dealkylation sites (N-methyl/N-ethyl adjacent to an activating group) is 1. The van der Waals surface area contributed by atoms with Crippen LogP contribution in [0.5, 0.6) is 0 Å². The number of nitrogens with zero attached hydrogens (tertiary/aromatic N) is 1. The molecule has 3 N–H and O–H groups in total. The zero-order valence-corrected chi connectivity index (χ0v) is 12.1. The van der Waals surface area contributed by atoms with Gasteiger partial charge in [-0.1, -0.05) is 30.3 Å². The Labute approximate surface area is 124 Å². The Balaban J connectivity index is 1.90. The molecule has 0 bridgehead atoms. The van der Waals surface area contributed by atoms with Crippen molar-refractivity contribution < 1.29 is 19.7 Å². The van der Waals surface area contributed by atoms with E-state index in [-0.39, 0.29) is 19.1 Å². The zero-order chi connectivity index (χ0) is 15.2. The highest BCUT2D eigenvalue weighted by Gasteiger charge is 2.34. The molecule has 116 valence electrons. The van der Waals surface area contributed by atoms with Crippen LogP contribution in [0, 0.1) is 0 Å². The minimum Gasteiger partial charge on any atom is -0.394 e. The van der Waals surface area contributed by atoms with E-state index in [0.717, 1.165) is 5.56 Å². The lowest BCUT2D eigenvalue weighted by Gasteiger charge is -2.24. The molecule has 0 radical (unpaired) electrons.